The molecule has 0 unspecified atom stereocenters. The van der Waals surface area contributed by atoms with E-state index in [9.17, 15) is 4.79 Å². The summed E-state index contributed by atoms with van der Waals surface area (Å²) >= 11 is 0. The Morgan fingerprint density at radius 2 is 2.21 bits per heavy atom. The summed E-state index contributed by atoms with van der Waals surface area (Å²) in [7, 11) is 0. The van der Waals surface area contributed by atoms with Crippen LogP contribution in [-0.4, -0.2) is 22.2 Å². The number of aromatic nitrogens is 2. The Hall–Kier alpha value is -1.84. The molecule has 0 aliphatic rings. The molecule has 0 fully saturated rings. The predicted octanol–water partition coefficient (Wildman–Crippen LogP) is 2.51. The first kappa shape index (κ1) is 13.6. The summed E-state index contributed by atoms with van der Waals surface area (Å²) in [6.07, 6.45) is 2.32. The molecule has 2 aromatic rings. The van der Waals surface area contributed by atoms with Crippen LogP contribution in [0.4, 0.5) is 0 Å². The summed E-state index contributed by atoms with van der Waals surface area (Å²) in [4.78, 5) is 11.7. The number of nitrogens with zero attached hydrogens (tertiary/aromatic N) is 2. The first-order chi connectivity index (χ1) is 9.06. The largest absolute Gasteiger partial charge is 0.356 e. The molecule has 0 aliphatic carbocycles. The van der Waals surface area contributed by atoms with Gasteiger partial charge in [0, 0.05) is 18.4 Å². The molecule has 4 nitrogen and oxygen atoms in total. The molecule has 1 aromatic heterocycles. The predicted molar refractivity (Wildman–Crippen MR) is 76.9 cm³/mol. The monoisotopic (exact) mass is 259 g/mol. The van der Waals surface area contributed by atoms with Gasteiger partial charge in [-0.05, 0) is 24.5 Å². The number of amides is 1. The third-order valence-electron chi connectivity index (χ3n) is 3.06. The van der Waals surface area contributed by atoms with Gasteiger partial charge in [0.05, 0.1) is 18.3 Å². The first-order valence-electron chi connectivity index (χ1n) is 6.75. The fourth-order valence-corrected chi connectivity index (χ4v) is 1.97. The van der Waals surface area contributed by atoms with Crippen LogP contribution in [0.3, 0.4) is 0 Å². The molecule has 0 atom stereocenters. The topological polar surface area (TPSA) is 46.9 Å². The average molecular weight is 259 g/mol. The van der Waals surface area contributed by atoms with Crippen molar-refractivity contribution in [3.05, 3.63) is 30.0 Å². The van der Waals surface area contributed by atoms with Gasteiger partial charge in [-0.15, -0.1) is 0 Å². The number of fused-ring (bicyclic) bond motifs is 1. The molecule has 0 radical (unpaired) electrons. The van der Waals surface area contributed by atoms with E-state index < -0.39 is 0 Å². The summed E-state index contributed by atoms with van der Waals surface area (Å²) in [5.41, 5.74) is 2.30. The van der Waals surface area contributed by atoms with Crippen LogP contribution >= 0.6 is 0 Å². The number of hydrogen-bond acceptors (Lipinski definition) is 2. The Bertz CT molecular complexity index is 572. The molecule has 0 aliphatic heterocycles. The van der Waals surface area contributed by atoms with Crippen molar-refractivity contribution in [2.24, 2.45) is 5.92 Å². The van der Waals surface area contributed by atoms with Gasteiger partial charge in [0.1, 0.15) is 0 Å². The second-order valence-corrected chi connectivity index (χ2v) is 5.38. The van der Waals surface area contributed by atoms with E-state index >= 15 is 0 Å². The van der Waals surface area contributed by atoms with E-state index in [0.29, 0.717) is 18.9 Å². The quantitative estimate of drug-likeness (QED) is 0.896. The van der Waals surface area contributed by atoms with Gasteiger partial charge < -0.3 is 5.32 Å². The fourth-order valence-electron chi connectivity index (χ4n) is 1.97. The molecular formula is C15H21N3O. The zero-order valence-electron chi connectivity index (χ0n) is 11.8. The van der Waals surface area contributed by atoms with Crippen LogP contribution < -0.4 is 5.32 Å². The molecule has 102 valence electrons. The Labute approximate surface area is 113 Å². The van der Waals surface area contributed by atoms with Crippen LogP contribution in [0.5, 0.6) is 0 Å². The minimum absolute atomic E-state index is 0.0880. The minimum atomic E-state index is 0.0880. The van der Waals surface area contributed by atoms with Crippen molar-refractivity contribution in [3.63, 3.8) is 0 Å². The van der Waals surface area contributed by atoms with E-state index in [1.54, 1.807) is 0 Å². The normalized spacial score (nSPS) is 11.2. The van der Waals surface area contributed by atoms with Gasteiger partial charge in [-0.3, -0.25) is 9.48 Å². The SMILES string of the molecule is Cc1ccc2cnn(CCC(=O)NCC(C)C)c2c1. The van der Waals surface area contributed by atoms with Gasteiger partial charge in [-0.25, -0.2) is 0 Å². The summed E-state index contributed by atoms with van der Waals surface area (Å²) in [6.45, 7) is 7.59. The number of hydrogen-bond donors (Lipinski definition) is 1. The molecule has 19 heavy (non-hydrogen) atoms. The molecule has 1 amide bonds. The third-order valence-corrected chi connectivity index (χ3v) is 3.06. The van der Waals surface area contributed by atoms with Crippen LogP contribution in [-0.2, 0) is 11.3 Å². The number of rotatable bonds is 5. The molecular weight excluding hydrogens is 238 g/mol. The molecule has 4 heteroatoms. The Kier molecular flexibility index (Phi) is 4.20. The molecule has 0 saturated heterocycles. The van der Waals surface area contributed by atoms with Gasteiger partial charge in [0.25, 0.3) is 0 Å². The Morgan fingerprint density at radius 3 is 2.95 bits per heavy atom. The smallest absolute Gasteiger partial charge is 0.221 e. The summed E-state index contributed by atoms with van der Waals surface area (Å²) in [5.74, 6) is 0.571. The van der Waals surface area contributed by atoms with Gasteiger partial charge in [-0.2, -0.15) is 5.10 Å². The van der Waals surface area contributed by atoms with Crippen LogP contribution in [0, 0.1) is 12.8 Å². The second kappa shape index (κ2) is 5.87. The number of aryl methyl sites for hydroxylation is 2. The van der Waals surface area contributed by atoms with Crippen molar-refractivity contribution in [1.82, 2.24) is 15.1 Å². The van der Waals surface area contributed by atoms with E-state index in [1.807, 2.05) is 10.9 Å². The van der Waals surface area contributed by atoms with Crippen molar-refractivity contribution in [1.29, 1.82) is 0 Å². The third kappa shape index (κ3) is 3.56. The summed E-state index contributed by atoms with van der Waals surface area (Å²) < 4.78 is 1.90. The maximum atomic E-state index is 11.7. The van der Waals surface area contributed by atoms with Crippen molar-refractivity contribution in [3.8, 4) is 0 Å². The van der Waals surface area contributed by atoms with E-state index in [1.165, 1.54) is 5.56 Å². The maximum absolute atomic E-state index is 11.7. The van der Waals surface area contributed by atoms with Crippen molar-refractivity contribution >= 4 is 16.8 Å². The zero-order chi connectivity index (χ0) is 13.8. The Morgan fingerprint density at radius 1 is 1.42 bits per heavy atom. The van der Waals surface area contributed by atoms with Gasteiger partial charge in [-0.1, -0.05) is 26.0 Å². The van der Waals surface area contributed by atoms with Crippen LogP contribution in [0.1, 0.15) is 25.8 Å². The van der Waals surface area contributed by atoms with Gasteiger partial charge in [0.2, 0.25) is 5.91 Å². The number of nitrogens with one attached hydrogen (secondary N) is 1. The highest BCUT2D eigenvalue weighted by Crippen LogP contribution is 2.15. The lowest BCUT2D eigenvalue weighted by molar-refractivity contribution is -0.121. The minimum Gasteiger partial charge on any atom is -0.356 e. The van der Waals surface area contributed by atoms with Crippen molar-refractivity contribution in [2.45, 2.75) is 33.7 Å². The molecule has 1 N–H and O–H groups in total. The molecule has 2 rings (SSSR count). The highest BCUT2D eigenvalue weighted by Gasteiger charge is 2.06. The molecule has 0 bridgehead atoms. The average Bonchev–Trinajstić information content (AvgIpc) is 2.76. The molecule has 1 aromatic carbocycles. The second-order valence-electron chi connectivity index (χ2n) is 5.38. The van der Waals surface area contributed by atoms with Gasteiger partial charge >= 0.3 is 0 Å². The maximum Gasteiger partial charge on any atom is 0.221 e. The fraction of sp³-hybridized carbons (Fsp3) is 0.467. The first-order valence-corrected chi connectivity index (χ1v) is 6.75. The van der Waals surface area contributed by atoms with Crippen LogP contribution in [0.2, 0.25) is 0 Å². The van der Waals surface area contributed by atoms with Crippen LogP contribution in [0.15, 0.2) is 24.4 Å². The highest BCUT2D eigenvalue weighted by atomic mass is 16.1. The van der Waals surface area contributed by atoms with Crippen molar-refractivity contribution in [2.75, 3.05) is 6.54 Å². The highest BCUT2D eigenvalue weighted by molar-refractivity contribution is 5.80. The van der Waals surface area contributed by atoms with Crippen LogP contribution in [0.25, 0.3) is 10.9 Å². The zero-order valence-corrected chi connectivity index (χ0v) is 11.8. The number of benzene rings is 1. The van der Waals surface area contributed by atoms with E-state index in [2.05, 4.69) is 49.4 Å². The molecule has 0 saturated carbocycles. The number of carbonyl (C=O) groups is 1. The molecule has 0 spiro atoms. The van der Waals surface area contributed by atoms with Crippen molar-refractivity contribution < 1.29 is 4.79 Å². The number of carbonyl (C=O) groups excluding carboxylic acids is 1. The summed E-state index contributed by atoms with van der Waals surface area (Å²) in [5, 5.41) is 8.38. The van der Waals surface area contributed by atoms with Gasteiger partial charge in [0.15, 0.2) is 0 Å². The van der Waals surface area contributed by atoms with E-state index in [0.717, 1.165) is 17.4 Å². The lowest BCUT2D eigenvalue weighted by Gasteiger charge is -2.08. The van der Waals surface area contributed by atoms with E-state index in [-0.39, 0.29) is 5.91 Å². The van der Waals surface area contributed by atoms with E-state index in [4.69, 9.17) is 0 Å². The Balaban J connectivity index is 1.98. The standard InChI is InChI=1S/C15H21N3O/c1-11(2)9-16-15(19)6-7-18-14-8-12(3)4-5-13(14)10-17-18/h4-5,8,10-11H,6-7,9H2,1-3H3,(H,16,19). The molecule has 1 heterocycles. The lowest BCUT2D eigenvalue weighted by atomic mass is 10.2. The summed E-state index contributed by atoms with van der Waals surface area (Å²) in [6, 6.07) is 6.24. The lowest BCUT2D eigenvalue weighted by Crippen LogP contribution is -2.28.